The van der Waals surface area contributed by atoms with Crippen molar-refractivity contribution in [2.75, 3.05) is 23.4 Å². The number of hydrogen-bond donors (Lipinski definition) is 1. The molecule has 1 aliphatic rings. The van der Waals surface area contributed by atoms with Gasteiger partial charge in [0.05, 0.1) is 29.1 Å². The number of amides is 1. The van der Waals surface area contributed by atoms with Gasteiger partial charge in [0.15, 0.2) is 0 Å². The van der Waals surface area contributed by atoms with E-state index in [0.29, 0.717) is 5.69 Å². The first-order valence-corrected chi connectivity index (χ1v) is 9.14. The Labute approximate surface area is 166 Å². The predicted octanol–water partition coefficient (Wildman–Crippen LogP) is 4.49. The molecule has 5 nitrogen and oxygen atoms in total. The highest BCUT2D eigenvalue weighted by Crippen LogP contribution is 2.35. The third-order valence-electron chi connectivity index (χ3n) is 4.63. The summed E-state index contributed by atoms with van der Waals surface area (Å²) < 4.78 is 44.2. The number of para-hydroxylation sites is 2. The van der Waals surface area contributed by atoms with Crippen molar-refractivity contribution in [1.82, 2.24) is 0 Å². The summed E-state index contributed by atoms with van der Waals surface area (Å²) in [6, 6.07) is 11.8. The number of ether oxygens (including phenoxy) is 1. The number of hydrogen-bond acceptors (Lipinski definition) is 4. The van der Waals surface area contributed by atoms with Gasteiger partial charge in [0.25, 0.3) is 5.91 Å². The maximum Gasteiger partial charge on any atom is 0.417 e. The number of nitrogens with zero attached hydrogens (tertiary/aromatic N) is 1. The Kier molecular flexibility index (Phi) is 5.55. The molecule has 0 bridgehead atoms. The number of fused-ring (bicyclic) bond motifs is 1. The van der Waals surface area contributed by atoms with Gasteiger partial charge in [0.1, 0.15) is 5.54 Å². The van der Waals surface area contributed by atoms with E-state index >= 15 is 0 Å². The van der Waals surface area contributed by atoms with E-state index in [1.807, 2.05) is 18.2 Å². The molecule has 8 heteroatoms. The Morgan fingerprint density at radius 1 is 1.10 bits per heavy atom. The zero-order valence-corrected chi connectivity index (χ0v) is 16.0. The summed E-state index contributed by atoms with van der Waals surface area (Å²) in [5, 5.41) is 3.18. The lowest BCUT2D eigenvalue weighted by molar-refractivity contribution is -0.138. The van der Waals surface area contributed by atoms with E-state index in [-0.39, 0.29) is 25.5 Å². The second-order valence-electron chi connectivity index (χ2n) is 7.26. The van der Waals surface area contributed by atoms with Gasteiger partial charge < -0.3 is 15.0 Å². The first-order valence-electron chi connectivity index (χ1n) is 9.14. The van der Waals surface area contributed by atoms with Gasteiger partial charge in [-0.2, -0.15) is 13.2 Å². The minimum Gasteiger partial charge on any atom is -0.462 e. The molecule has 0 atom stereocenters. The van der Waals surface area contributed by atoms with Gasteiger partial charge in [0, 0.05) is 6.54 Å². The SMILES string of the molecule is CC1(C)Nc2ccccc2N(CCCOC(=O)c2ccccc2C(F)(F)F)C1=O. The summed E-state index contributed by atoms with van der Waals surface area (Å²) in [6.45, 7) is 3.71. The van der Waals surface area contributed by atoms with Crippen LogP contribution in [0.15, 0.2) is 48.5 Å². The van der Waals surface area contributed by atoms with Gasteiger partial charge in [-0.15, -0.1) is 0 Å². The molecule has 2 aromatic rings. The van der Waals surface area contributed by atoms with Crippen LogP contribution < -0.4 is 10.2 Å². The van der Waals surface area contributed by atoms with Crippen molar-refractivity contribution in [3.8, 4) is 0 Å². The average molecular weight is 406 g/mol. The van der Waals surface area contributed by atoms with Crippen LogP contribution in [0, 0.1) is 0 Å². The van der Waals surface area contributed by atoms with Gasteiger partial charge in [-0.25, -0.2) is 4.79 Å². The molecular formula is C21H21F3N2O3. The van der Waals surface area contributed by atoms with Gasteiger partial charge in [-0.05, 0) is 44.5 Å². The molecule has 3 rings (SSSR count). The fourth-order valence-corrected chi connectivity index (χ4v) is 3.25. The number of halogens is 3. The summed E-state index contributed by atoms with van der Waals surface area (Å²) in [5.74, 6) is -1.17. The smallest absolute Gasteiger partial charge is 0.417 e. The molecule has 154 valence electrons. The van der Waals surface area contributed by atoms with Gasteiger partial charge >= 0.3 is 12.1 Å². The number of carbonyl (C=O) groups excluding carboxylic acids is 2. The molecule has 2 aromatic carbocycles. The van der Waals surface area contributed by atoms with Crippen LogP contribution in [-0.2, 0) is 15.7 Å². The molecule has 1 amide bonds. The molecule has 1 N–H and O–H groups in total. The summed E-state index contributed by atoms with van der Waals surface area (Å²) in [7, 11) is 0. The van der Waals surface area contributed by atoms with E-state index in [4.69, 9.17) is 4.74 Å². The van der Waals surface area contributed by atoms with Crippen LogP contribution in [0.3, 0.4) is 0 Å². The number of nitrogens with one attached hydrogen (secondary N) is 1. The maximum atomic E-state index is 13.0. The van der Waals surface area contributed by atoms with Crippen LogP contribution in [0.2, 0.25) is 0 Å². The van der Waals surface area contributed by atoms with Crippen LogP contribution in [0.25, 0.3) is 0 Å². The summed E-state index contributed by atoms with van der Waals surface area (Å²) in [5.41, 5.74) is -0.821. The molecule has 0 radical (unpaired) electrons. The number of esters is 1. The minimum absolute atomic E-state index is 0.106. The van der Waals surface area contributed by atoms with Crippen molar-refractivity contribution in [3.63, 3.8) is 0 Å². The molecule has 0 saturated heterocycles. The predicted molar refractivity (Wildman–Crippen MR) is 103 cm³/mol. The fourth-order valence-electron chi connectivity index (χ4n) is 3.25. The molecule has 1 heterocycles. The summed E-state index contributed by atoms with van der Waals surface area (Å²) in [4.78, 5) is 26.5. The number of carbonyl (C=O) groups is 2. The number of alkyl halides is 3. The molecule has 0 unspecified atom stereocenters. The third kappa shape index (κ3) is 4.36. The Hall–Kier alpha value is -3.03. The normalized spacial score (nSPS) is 15.5. The van der Waals surface area contributed by atoms with E-state index in [1.165, 1.54) is 12.1 Å². The highest BCUT2D eigenvalue weighted by Gasteiger charge is 2.38. The summed E-state index contributed by atoms with van der Waals surface area (Å²) in [6.07, 6.45) is -4.35. The lowest BCUT2D eigenvalue weighted by atomic mass is 9.98. The van der Waals surface area contributed by atoms with E-state index in [0.717, 1.165) is 17.8 Å². The van der Waals surface area contributed by atoms with E-state index in [9.17, 15) is 22.8 Å². The monoisotopic (exact) mass is 406 g/mol. The quantitative estimate of drug-likeness (QED) is 0.587. The van der Waals surface area contributed by atoms with Gasteiger partial charge in [-0.3, -0.25) is 4.79 Å². The second kappa shape index (κ2) is 7.77. The molecule has 0 aromatic heterocycles. The minimum atomic E-state index is -4.64. The molecular weight excluding hydrogens is 385 g/mol. The Balaban J connectivity index is 1.64. The zero-order chi connectivity index (χ0) is 21.2. The molecule has 0 fully saturated rings. The van der Waals surface area contributed by atoms with Crippen molar-refractivity contribution in [3.05, 3.63) is 59.7 Å². The largest absolute Gasteiger partial charge is 0.462 e. The van der Waals surface area contributed by atoms with Crippen molar-refractivity contribution < 1.29 is 27.5 Å². The van der Waals surface area contributed by atoms with Crippen molar-refractivity contribution >= 4 is 23.3 Å². The Morgan fingerprint density at radius 2 is 1.76 bits per heavy atom. The Morgan fingerprint density at radius 3 is 2.48 bits per heavy atom. The van der Waals surface area contributed by atoms with Gasteiger partial charge in [-0.1, -0.05) is 24.3 Å². The number of anilines is 2. The molecule has 1 aliphatic heterocycles. The topological polar surface area (TPSA) is 58.6 Å². The van der Waals surface area contributed by atoms with E-state index in [2.05, 4.69) is 5.32 Å². The van der Waals surface area contributed by atoms with Crippen LogP contribution in [0.5, 0.6) is 0 Å². The standard InChI is InChI=1S/C21H21F3N2O3/c1-20(2)19(28)26(17-11-6-5-10-16(17)25-20)12-7-13-29-18(27)14-8-3-4-9-15(14)21(22,23)24/h3-6,8-11,25H,7,12-13H2,1-2H3. The van der Waals surface area contributed by atoms with Crippen LogP contribution in [0.4, 0.5) is 24.5 Å². The Bertz CT molecular complexity index is 925. The van der Waals surface area contributed by atoms with Crippen molar-refractivity contribution in [2.45, 2.75) is 32.0 Å². The zero-order valence-electron chi connectivity index (χ0n) is 16.0. The molecule has 0 saturated carbocycles. The second-order valence-corrected chi connectivity index (χ2v) is 7.26. The van der Waals surface area contributed by atoms with E-state index < -0.39 is 28.8 Å². The maximum absolute atomic E-state index is 13.0. The highest BCUT2D eigenvalue weighted by molar-refractivity contribution is 6.07. The first kappa shape index (κ1) is 20.7. The third-order valence-corrected chi connectivity index (χ3v) is 4.63. The van der Waals surface area contributed by atoms with Crippen LogP contribution in [0.1, 0.15) is 36.2 Å². The van der Waals surface area contributed by atoms with E-state index in [1.54, 1.807) is 24.8 Å². The van der Waals surface area contributed by atoms with Crippen LogP contribution in [-0.4, -0.2) is 30.6 Å². The van der Waals surface area contributed by atoms with Crippen molar-refractivity contribution in [2.24, 2.45) is 0 Å². The average Bonchev–Trinajstić information content (AvgIpc) is 2.66. The van der Waals surface area contributed by atoms with Crippen molar-refractivity contribution in [1.29, 1.82) is 0 Å². The molecule has 0 spiro atoms. The van der Waals surface area contributed by atoms with Gasteiger partial charge in [0.2, 0.25) is 0 Å². The number of benzene rings is 2. The highest BCUT2D eigenvalue weighted by atomic mass is 19.4. The lowest BCUT2D eigenvalue weighted by Gasteiger charge is -2.40. The lowest BCUT2D eigenvalue weighted by Crippen LogP contribution is -2.54. The van der Waals surface area contributed by atoms with Crippen LogP contribution >= 0.6 is 0 Å². The molecule has 29 heavy (non-hydrogen) atoms. The number of rotatable bonds is 5. The summed E-state index contributed by atoms with van der Waals surface area (Å²) >= 11 is 0. The molecule has 0 aliphatic carbocycles. The fraction of sp³-hybridized carbons (Fsp3) is 0.333. The first-order chi connectivity index (χ1) is 13.6.